The van der Waals surface area contributed by atoms with Gasteiger partial charge in [-0.2, -0.15) is 0 Å². The first-order valence-electron chi connectivity index (χ1n) is 6.29. The molecule has 0 amide bonds. The molecule has 0 aliphatic rings. The van der Waals surface area contributed by atoms with Crippen molar-refractivity contribution in [2.24, 2.45) is 7.05 Å². The molecule has 3 nitrogen and oxygen atoms in total. The number of hydrogen-bond acceptors (Lipinski definition) is 2. The number of phenolic OH excluding ortho intramolecular Hbond substituents is 1. The summed E-state index contributed by atoms with van der Waals surface area (Å²) < 4.78 is 1.53. The molecule has 2 aromatic rings. The number of hydrogen-bond donors (Lipinski definition) is 1. The van der Waals surface area contributed by atoms with Crippen LogP contribution in [0, 0.1) is 0 Å². The normalized spacial score (nSPS) is 11.6. The van der Waals surface area contributed by atoms with Gasteiger partial charge in [0.1, 0.15) is 5.75 Å². The SMILES string of the molecule is Cn1cc(-c2ccc(C(C)(C)C)c(O)c2)ccc1=O. The lowest BCUT2D eigenvalue weighted by Crippen LogP contribution is -2.14. The van der Waals surface area contributed by atoms with E-state index in [1.165, 1.54) is 10.6 Å². The van der Waals surface area contributed by atoms with Crippen LogP contribution in [0.5, 0.6) is 5.75 Å². The molecule has 0 saturated carbocycles. The quantitative estimate of drug-likeness (QED) is 0.853. The Bertz CT molecular complexity index is 663. The second-order valence-corrected chi connectivity index (χ2v) is 5.85. The average molecular weight is 257 g/mol. The van der Waals surface area contributed by atoms with Gasteiger partial charge in [0.2, 0.25) is 5.56 Å². The van der Waals surface area contributed by atoms with Crippen LogP contribution < -0.4 is 5.56 Å². The zero-order chi connectivity index (χ0) is 14.2. The highest BCUT2D eigenvalue weighted by Gasteiger charge is 2.18. The van der Waals surface area contributed by atoms with Crippen LogP contribution in [0.15, 0.2) is 41.3 Å². The Labute approximate surface area is 113 Å². The van der Waals surface area contributed by atoms with Crippen molar-refractivity contribution >= 4 is 0 Å². The molecule has 0 radical (unpaired) electrons. The number of pyridine rings is 1. The van der Waals surface area contributed by atoms with E-state index in [1.54, 1.807) is 25.4 Å². The maximum atomic E-state index is 11.4. The van der Waals surface area contributed by atoms with Crippen molar-refractivity contribution in [1.29, 1.82) is 0 Å². The van der Waals surface area contributed by atoms with Gasteiger partial charge in [-0.1, -0.05) is 32.9 Å². The summed E-state index contributed by atoms with van der Waals surface area (Å²) in [7, 11) is 1.72. The molecule has 2 rings (SSSR count). The van der Waals surface area contributed by atoms with Gasteiger partial charge in [-0.15, -0.1) is 0 Å². The van der Waals surface area contributed by atoms with Gasteiger partial charge in [0.15, 0.2) is 0 Å². The van der Waals surface area contributed by atoms with Gasteiger partial charge in [-0.25, -0.2) is 0 Å². The van der Waals surface area contributed by atoms with E-state index in [-0.39, 0.29) is 11.0 Å². The highest BCUT2D eigenvalue weighted by Crippen LogP contribution is 2.33. The summed E-state index contributed by atoms with van der Waals surface area (Å²) >= 11 is 0. The van der Waals surface area contributed by atoms with Crippen molar-refractivity contribution in [2.45, 2.75) is 26.2 Å². The van der Waals surface area contributed by atoms with Crippen molar-refractivity contribution in [2.75, 3.05) is 0 Å². The Morgan fingerprint density at radius 1 is 1.05 bits per heavy atom. The molecule has 1 heterocycles. The maximum Gasteiger partial charge on any atom is 0.250 e. The number of aryl methyl sites for hydroxylation is 1. The summed E-state index contributed by atoms with van der Waals surface area (Å²) in [6.45, 7) is 6.19. The molecular formula is C16H19NO2. The molecule has 1 aromatic heterocycles. The molecule has 0 bridgehead atoms. The molecule has 100 valence electrons. The number of benzene rings is 1. The first-order valence-corrected chi connectivity index (χ1v) is 6.29. The van der Waals surface area contributed by atoms with E-state index in [9.17, 15) is 9.90 Å². The van der Waals surface area contributed by atoms with Crippen LogP contribution in [-0.4, -0.2) is 9.67 Å². The molecule has 19 heavy (non-hydrogen) atoms. The van der Waals surface area contributed by atoms with Crippen molar-refractivity contribution < 1.29 is 5.11 Å². The second kappa shape index (κ2) is 4.57. The van der Waals surface area contributed by atoms with E-state index in [2.05, 4.69) is 20.8 Å². The number of aromatic hydroxyl groups is 1. The summed E-state index contributed by atoms with van der Waals surface area (Å²) in [5.74, 6) is 0.291. The Morgan fingerprint density at radius 3 is 2.21 bits per heavy atom. The van der Waals surface area contributed by atoms with E-state index >= 15 is 0 Å². The summed E-state index contributed by atoms with van der Waals surface area (Å²) in [6.07, 6.45) is 1.77. The standard InChI is InChI=1S/C16H19NO2/c1-16(2,3)13-7-5-11(9-14(13)18)12-6-8-15(19)17(4)10-12/h5-10,18H,1-4H3. The van der Waals surface area contributed by atoms with Crippen LogP contribution in [-0.2, 0) is 12.5 Å². The van der Waals surface area contributed by atoms with E-state index in [4.69, 9.17) is 0 Å². The lowest BCUT2D eigenvalue weighted by molar-refractivity contribution is 0.447. The van der Waals surface area contributed by atoms with E-state index in [1.807, 2.05) is 12.1 Å². The van der Waals surface area contributed by atoms with Gasteiger partial charge in [0.25, 0.3) is 0 Å². The number of aromatic nitrogens is 1. The molecule has 1 aromatic carbocycles. The van der Waals surface area contributed by atoms with Crippen molar-refractivity contribution in [3.63, 3.8) is 0 Å². The molecule has 0 aliphatic carbocycles. The van der Waals surface area contributed by atoms with Crippen LogP contribution in [0.2, 0.25) is 0 Å². The minimum absolute atomic E-state index is 0.0423. The fourth-order valence-corrected chi connectivity index (χ4v) is 2.11. The van der Waals surface area contributed by atoms with Gasteiger partial charge in [0.05, 0.1) is 0 Å². The summed E-state index contributed by atoms with van der Waals surface area (Å²) in [4.78, 5) is 11.4. The fourth-order valence-electron chi connectivity index (χ4n) is 2.11. The maximum absolute atomic E-state index is 11.4. The molecule has 0 unspecified atom stereocenters. The van der Waals surface area contributed by atoms with Crippen molar-refractivity contribution in [3.05, 3.63) is 52.4 Å². The highest BCUT2D eigenvalue weighted by molar-refractivity contribution is 5.65. The van der Waals surface area contributed by atoms with E-state index in [0.29, 0.717) is 5.75 Å². The van der Waals surface area contributed by atoms with Crippen LogP contribution in [0.1, 0.15) is 26.3 Å². The first kappa shape index (κ1) is 13.4. The Hall–Kier alpha value is -2.03. The van der Waals surface area contributed by atoms with Gasteiger partial charge >= 0.3 is 0 Å². The van der Waals surface area contributed by atoms with Crippen LogP contribution >= 0.6 is 0 Å². The lowest BCUT2D eigenvalue weighted by Gasteiger charge is -2.20. The van der Waals surface area contributed by atoms with E-state index < -0.39 is 0 Å². The first-order chi connectivity index (χ1) is 8.79. The third-order valence-electron chi connectivity index (χ3n) is 3.22. The largest absolute Gasteiger partial charge is 0.508 e. The third-order valence-corrected chi connectivity index (χ3v) is 3.22. The van der Waals surface area contributed by atoms with Gasteiger partial charge < -0.3 is 9.67 Å². The Kier molecular flexibility index (Phi) is 3.23. The minimum Gasteiger partial charge on any atom is -0.508 e. The monoisotopic (exact) mass is 257 g/mol. The molecule has 0 fully saturated rings. The zero-order valence-electron chi connectivity index (χ0n) is 11.8. The van der Waals surface area contributed by atoms with Gasteiger partial charge in [-0.3, -0.25) is 4.79 Å². The fraction of sp³-hybridized carbons (Fsp3) is 0.312. The van der Waals surface area contributed by atoms with Crippen molar-refractivity contribution in [3.8, 4) is 16.9 Å². The molecular weight excluding hydrogens is 238 g/mol. The van der Waals surface area contributed by atoms with Crippen LogP contribution in [0.3, 0.4) is 0 Å². The Morgan fingerprint density at radius 2 is 1.68 bits per heavy atom. The van der Waals surface area contributed by atoms with Crippen LogP contribution in [0.4, 0.5) is 0 Å². The van der Waals surface area contributed by atoms with Crippen molar-refractivity contribution in [1.82, 2.24) is 4.57 Å². The van der Waals surface area contributed by atoms with Gasteiger partial charge in [0, 0.05) is 19.3 Å². The summed E-state index contributed by atoms with van der Waals surface area (Å²) in [5, 5.41) is 10.1. The molecule has 0 atom stereocenters. The number of nitrogens with zero attached hydrogens (tertiary/aromatic N) is 1. The summed E-state index contributed by atoms with van der Waals surface area (Å²) in [5.41, 5.74) is 2.60. The molecule has 0 aliphatic heterocycles. The molecule has 3 heteroatoms. The number of phenols is 1. The second-order valence-electron chi connectivity index (χ2n) is 5.85. The van der Waals surface area contributed by atoms with Crippen LogP contribution in [0.25, 0.3) is 11.1 Å². The zero-order valence-corrected chi connectivity index (χ0v) is 11.8. The topological polar surface area (TPSA) is 42.2 Å². The number of rotatable bonds is 1. The molecule has 0 saturated heterocycles. The smallest absolute Gasteiger partial charge is 0.250 e. The van der Waals surface area contributed by atoms with Gasteiger partial charge in [-0.05, 0) is 34.2 Å². The predicted octanol–water partition coefficient (Wildman–Crippen LogP) is 3.06. The third kappa shape index (κ3) is 2.70. The minimum atomic E-state index is -0.0911. The highest BCUT2D eigenvalue weighted by atomic mass is 16.3. The molecule has 0 spiro atoms. The predicted molar refractivity (Wildman–Crippen MR) is 77.5 cm³/mol. The Balaban J connectivity index is 2.50. The molecule has 1 N–H and O–H groups in total. The average Bonchev–Trinajstić information content (AvgIpc) is 2.31. The lowest BCUT2D eigenvalue weighted by atomic mass is 9.85. The summed E-state index contributed by atoms with van der Waals surface area (Å²) in [6, 6.07) is 8.97. The van der Waals surface area contributed by atoms with E-state index in [0.717, 1.165) is 16.7 Å².